The van der Waals surface area contributed by atoms with Crippen molar-refractivity contribution in [2.75, 3.05) is 13.1 Å². The summed E-state index contributed by atoms with van der Waals surface area (Å²) in [6.45, 7) is 7.28. The fourth-order valence-electron chi connectivity index (χ4n) is 3.83. The number of carbonyl (C=O) groups excluding carboxylic acids is 1. The Bertz CT molecular complexity index is 716. The minimum Gasteiger partial charge on any atom is -0.361 e. The zero-order valence-corrected chi connectivity index (χ0v) is 15.5. The standard InChI is InChI=1S/C18H27N5O2/c1-12(17-13(2)21-25-14(17)3)11-19-18(24)23-10-6-5-7-16(23)15-8-9-20-22(15)4/h8-9,12,16H,5-7,10-11H2,1-4H3,(H,19,24)/t12-,16-/m0/s1. The molecule has 1 aliphatic heterocycles. The molecule has 0 bridgehead atoms. The van der Waals surface area contributed by atoms with Crippen molar-refractivity contribution in [2.24, 2.45) is 7.05 Å². The van der Waals surface area contributed by atoms with Gasteiger partial charge < -0.3 is 14.7 Å². The second-order valence-corrected chi connectivity index (χ2v) is 6.91. The van der Waals surface area contributed by atoms with E-state index in [-0.39, 0.29) is 18.0 Å². The SMILES string of the molecule is Cc1noc(C)c1[C@@H](C)CNC(=O)N1CCCC[C@H]1c1ccnn1C. The summed E-state index contributed by atoms with van der Waals surface area (Å²) in [6.07, 6.45) is 4.95. The minimum atomic E-state index is -0.00971. The molecule has 0 radical (unpaired) electrons. The average Bonchev–Trinajstić information content (AvgIpc) is 3.17. The van der Waals surface area contributed by atoms with Crippen molar-refractivity contribution in [1.82, 2.24) is 25.2 Å². The van der Waals surface area contributed by atoms with Crippen molar-refractivity contribution in [1.29, 1.82) is 0 Å². The van der Waals surface area contributed by atoms with Gasteiger partial charge in [0, 0.05) is 37.8 Å². The summed E-state index contributed by atoms with van der Waals surface area (Å²) in [6, 6.07) is 2.09. The van der Waals surface area contributed by atoms with E-state index in [2.05, 4.69) is 22.5 Å². The number of aromatic nitrogens is 3. The molecule has 7 nitrogen and oxygen atoms in total. The number of urea groups is 1. The first kappa shape index (κ1) is 17.5. The number of piperidine rings is 1. The predicted octanol–water partition coefficient (Wildman–Crippen LogP) is 3.07. The molecule has 2 aromatic rings. The van der Waals surface area contributed by atoms with Crippen LogP contribution in [0.3, 0.4) is 0 Å². The second kappa shape index (κ2) is 7.29. The Balaban J connectivity index is 1.66. The highest BCUT2D eigenvalue weighted by Crippen LogP contribution is 2.30. The van der Waals surface area contributed by atoms with Gasteiger partial charge in [-0.3, -0.25) is 4.68 Å². The topological polar surface area (TPSA) is 76.2 Å². The Kier molecular flexibility index (Phi) is 5.11. The molecule has 136 valence electrons. The summed E-state index contributed by atoms with van der Waals surface area (Å²) in [4.78, 5) is 14.7. The Hall–Kier alpha value is -2.31. The summed E-state index contributed by atoms with van der Waals surface area (Å²) in [5, 5.41) is 11.3. The Morgan fingerprint density at radius 3 is 2.88 bits per heavy atom. The van der Waals surface area contributed by atoms with Gasteiger partial charge in [0.05, 0.1) is 17.4 Å². The molecular formula is C18H27N5O2. The third kappa shape index (κ3) is 3.55. The highest BCUT2D eigenvalue weighted by atomic mass is 16.5. The number of hydrogen-bond donors (Lipinski definition) is 1. The van der Waals surface area contributed by atoms with E-state index in [0.29, 0.717) is 6.54 Å². The van der Waals surface area contributed by atoms with Crippen LogP contribution in [-0.2, 0) is 7.05 Å². The Labute approximate surface area is 148 Å². The maximum Gasteiger partial charge on any atom is 0.317 e. The van der Waals surface area contributed by atoms with Crippen LogP contribution in [0.15, 0.2) is 16.8 Å². The molecule has 1 saturated heterocycles. The summed E-state index contributed by atoms with van der Waals surface area (Å²) >= 11 is 0. The molecule has 3 rings (SSSR count). The summed E-state index contributed by atoms with van der Waals surface area (Å²) in [5.74, 6) is 0.986. The van der Waals surface area contributed by atoms with Gasteiger partial charge in [0.1, 0.15) is 5.76 Å². The zero-order chi connectivity index (χ0) is 18.0. The van der Waals surface area contributed by atoms with Crippen molar-refractivity contribution >= 4 is 6.03 Å². The fraction of sp³-hybridized carbons (Fsp3) is 0.611. The minimum absolute atomic E-state index is 0.00971. The van der Waals surface area contributed by atoms with Crippen LogP contribution in [0.5, 0.6) is 0 Å². The van der Waals surface area contributed by atoms with Crippen molar-refractivity contribution in [2.45, 2.75) is 52.0 Å². The van der Waals surface area contributed by atoms with Crippen molar-refractivity contribution in [3.05, 3.63) is 35.0 Å². The molecule has 7 heteroatoms. The lowest BCUT2D eigenvalue weighted by Gasteiger charge is -2.36. The normalized spacial score (nSPS) is 19.0. The molecule has 0 spiro atoms. The van der Waals surface area contributed by atoms with Crippen molar-refractivity contribution < 1.29 is 9.32 Å². The van der Waals surface area contributed by atoms with Crippen LogP contribution in [0.1, 0.15) is 60.9 Å². The average molecular weight is 345 g/mol. The number of aryl methyl sites for hydroxylation is 3. The first-order valence-corrected chi connectivity index (χ1v) is 8.94. The van der Waals surface area contributed by atoms with Crippen LogP contribution in [0, 0.1) is 13.8 Å². The maximum atomic E-state index is 12.8. The van der Waals surface area contributed by atoms with E-state index in [1.807, 2.05) is 36.5 Å². The number of likely N-dealkylation sites (tertiary alicyclic amines) is 1. The van der Waals surface area contributed by atoms with Crippen molar-refractivity contribution in [3.63, 3.8) is 0 Å². The van der Waals surface area contributed by atoms with E-state index < -0.39 is 0 Å². The van der Waals surface area contributed by atoms with E-state index in [4.69, 9.17) is 4.52 Å². The number of carbonyl (C=O) groups is 1. The number of nitrogens with one attached hydrogen (secondary N) is 1. The van der Waals surface area contributed by atoms with Gasteiger partial charge in [-0.15, -0.1) is 0 Å². The summed E-state index contributed by atoms with van der Waals surface area (Å²) in [5.41, 5.74) is 3.07. The molecule has 3 heterocycles. The third-order valence-electron chi connectivity index (χ3n) is 5.10. The quantitative estimate of drug-likeness (QED) is 0.924. The molecule has 2 amide bonds. The number of rotatable bonds is 4. The first-order chi connectivity index (χ1) is 12.0. The summed E-state index contributed by atoms with van der Waals surface area (Å²) in [7, 11) is 1.93. The largest absolute Gasteiger partial charge is 0.361 e. The lowest BCUT2D eigenvalue weighted by Crippen LogP contribution is -2.46. The van der Waals surface area contributed by atoms with Gasteiger partial charge in [0.15, 0.2) is 0 Å². The van der Waals surface area contributed by atoms with Crippen LogP contribution in [0.2, 0.25) is 0 Å². The summed E-state index contributed by atoms with van der Waals surface area (Å²) < 4.78 is 7.10. The fourth-order valence-corrected chi connectivity index (χ4v) is 3.83. The van der Waals surface area contributed by atoms with Gasteiger partial charge in [-0.1, -0.05) is 12.1 Å². The van der Waals surface area contributed by atoms with Crippen LogP contribution in [0.25, 0.3) is 0 Å². The molecule has 0 unspecified atom stereocenters. The molecule has 1 aliphatic rings. The zero-order valence-electron chi connectivity index (χ0n) is 15.5. The molecule has 0 aliphatic carbocycles. The molecule has 0 saturated carbocycles. The molecule has 2 atom stereocenters. The van der Waals surface area contributed by atoms with E-state index in [1.165, 1.54) is 0 Å². The highest BCUT2D eigenvalue weighted by Gasteiger charge is 2.30. The Morgan fingerprint density at radius 1 is 1.44 bits per heavy atom. The van der Waals surface area contributed by atoms with E-state index in [9.17, 15) is 4.79 Å². The molecule has 2 aromatic heterocycles. The van der Waals surface area contributed by atoms with Crippen molar-refractivity contribution in [3.8, 4) is 0 Å². The van der Waals surface area contributed by atoms with Crippen LogP contribution >= 0.6 is 0 Å². The predicted molar refractivity (Wildman–Crippen MR) is 94.3 cm³/mol. The second-order valence-electron chi connectivity index (χ2n) is 6.91. The van der Waals surface area contributed by atoms with Crippen LogP contribution in [-0.4, -0.2) is 39.0 Å². The molecule has 1 N–H and O–H groups in total. The Morgan fingerprint density at radius 2 is 2.24 bits per heavy atom. The first-order valence-electron chi connectivity index (χ1n) is 8.94. The van der Waals surface area contributed by atoms with Gasteiger partial charge in [0.25, 0.3) is 0 Å². The number of hydrogen-bond acceptors (Lipinski definition) is 4. The van der Waals surface area contributed by atoms with E-state index in [1.54, 1.807) is 6.20 Å². The number of nitrogens with zero attached hydrogens (tertiary/aromatic N) is 4. The maximum absolute atomic E-state index is 12.8. The lowest BCUT2D eigenvalue weighted by atomic mass is 9.99. The molecule has 0 aromatic carbocycles. The molecule has 1 fully saturated rings. The van der Waals surface area contributed by atoms with Crippen LogP contribution in [0.4, 0.5) is 4.79 Å². The van der Waals surface area contributed by atoms with E-state index >= 15 is 0 Å². The lowest BCUT2D eigenvalue weighted by molar-refractivity contribution is 0.147. The van der Waals surface area contributed by atoms with E-state index in [0.717, 1.165) is 48.5 Å². The monoisotopic (exact) mass is 345 g/mol. The third-order valence-corrected chi connectivity index (χ3v) is 5.10. The van der Waals surface area contributed by atoms with Gasteiger partial charge >= 0.3 is 6.03 Å². The van der Waals surface area contributed by atoms with Gasteiger partial charge in [0.2, 0.25) is 0 Å². The van der Waals surface area contributed by atoms with Gasteiger partial charge in [-0.2, -0.15) is 5.10 Å². The molecule has 25 heavy (non-hydrogen) atoms. The smallest absolute Gasteiger partial charge is 0.317 e. The van der Waals surface area contributed by atoms with Gasteiger partial charge in [-0.25, -0.2) is 4.79 Å². The number of amides is 2. The van der Waals surface area contributed by atoms with Crippen LogP contribution < -0.4 is 5.32 Å². The van der Waals surface area contributed by atoms with Gasteiger partial charge in [-0.05, 0) is 39.2 Å². The molecular weight excluding hydrogens is 318 g/mol. The highest BCUT2D eigenvalue weighted by molar-refractivity contribution is 5.75.